The van der Waals surface area contributed by atoms with Gasteiger partial charge >= 0.3 is 0 Å². The maximum absolute atomic E-state index is 9.89. The van der Waals surface area contributed by atoms with E-state index in [1.54, 1.807) is 0 Å². The van der Waals surface area contributed by atoms with E-state index in [1.807, 2.05) is 48.5 Å². The fraction of sp³-hybridized carbons (Fsp3) is 0.250. The third-order valence-corrected chi connectivity index (χ3v) is 3.56. The van der Waals surface area contributed by atoms with Crippen LogP contribution in [-0.2, 0) is 6.54 Å². The number of benzene rings is 2. The zero-order chi connectivity index (χ0) is 15.1. The van der Waals surface area contributed by atoms with Gasteiger partial charge in [-0.2, -0.15) is 0 Å². The molecule has 21 heavy (non-hydrogen) atoms. The van der Waals surface area contributed by atoms with Gasteiger partial charge in [0, 0.05) is 22.6 Å². The predicted octanol–water partition coefficient (Wildman–Crippen LogP) is 3.63. The van der Waals surface area contributed by atoms with Gasteiger partial charge < -0.3 is 15.2 Å². The van der Waals surface area contributed by atoms with Gasteiger partial charge in [0.15, 0.2) is 0 Å². The van der Waals surface area contributed by atoms with Gasteiger partial charge in [0.05, 0.1) is 0 Å². The van der Waals surface area contributed by atoms with Crippen molar-refractivity contribution < 1.29 is 9.84 Å². The maximum atomic E-state index is 9.89. The van der Waals surface area contributed by atoms with Crippen molar-refractivity contribution in [3.8, 4) is 5.75 Å². The summed E-state index contributed by atoms with van der Waals surface area (Å²) in [4.78, 5) is 0. The molecule has 112 valence electrons. The summed E-state index contributed by atoms with van der Waals surface area (Å²) in [5.74, 6) is 0.735. The number of rotatable bonds is 7. The topological polar surface area (TPSA) is 41.5 Å². The quantitative estimate of drug-likeness (QED) is 0.782. The van der Waals surface area contributed by atoms with Crippen LogP contribution in [0.5, 0.6) is 5.75 Å². The van der Waals surface area contributed by atoms with E-state index < -0.39 is 6.10 Å². The van der Waals surface area contributed by atoms with Gasteiger partial charge in [0.25, 0.3) is 0 Å². The molecule has 2 rings (SSSR count). The van der Waals surface area contributed by atoms with E-state index in [1.165, 1.54) is 0 Å². The average molecular weight is 371 g/mol. The minimum absolute atomic E-state index is 0.249. The molecule has 0 fully saturated rings. The molecule has 0 aliphatic heterocycles. The average Bonchev–Trinajstić information content (AvgIpc) is 2.45. The molecule has 0 aliphatic carbocycles. The van der Waals surface area contributed by atoms with Crippen molar-refractivity contribution in [1.29, 1.82) is 0 Å². The molecule has 3 nitrogen and oxygen atoms in total. The van der Waals surface area contributed by atoms with E-state index in [9.17, 15) is 5.11 Å². The molecule has 2 aromatic rings. The number of hydrogen-bond donors (Lipinski definition) is 2. The summed E-state index contributed by atoms with van der Waals surface area (Å²) in [6, 6.07) is 15.2. The van der Waals surface area contributed by atoms with E-state index in [0.29, 0.717) is 18.1 Å². The van der Waals surface area contributed by atoms with Crippen molar-refractivity contribution in [1.82, 2.24) is 5.32 Å². The van der Waals surface area contributed by atoms with Gasteiger partial charge in [-0.05, 0) is 35.9 Å². The highest BCUT2D eigenvalue weighted by atomic mass is 79.9. The summed E-state index contributed by atoms with van der Waals surface area (Å²) in [5, 5.41) is 13.8. The Labute approximate surface area is 138 Å². The molecule has 2 aromatic carbocycles. The van der Waals surface area contributed by atoms with E-state index in [-0.39, 0.29) is 6.61 Å². The molecule has 0 saturated carbocycles. The Hall–Kier alpha value is -1.07. The summed E-state index contributed by atoms with van der Waals surface area (Å²) in [7, 11) is 0. The minimum Gasteiger partial charge on any atom is -0.491 e. The molecule has 0 heterocycles. The molecule has 0 spiro atoms. The van der Waals surface area contributed by atoms with Crippen LogP contribution in [-0.4, -0.2) is 24.4 Å². The number of aliphatic hydroxyl groups is 1. The third kappa shape index (κ3) is 6.06. The van der Waals surface area contributed by atoms with Crippen LogP contribution in [0.15, 0.2) is 53.0 Å². The number of ether oxygens (including phenoxy) is 1. The van der Waals surface area contributed by atoms with Crippen molar-refractivity contribution in [2.45, 2.75) is 12.6 Å². The maximum Gasteiger partial charge on any atom is 0.120 e. The van der Waals surface area contributed by atoms with Crippen LogP contribution >= 0.6 is 27.5 Å². The van der Waals surface area contributed by atoms with E-state index in [0.717, 1.165) is 15.8 Å². The smallest absolute Gasteiger partial charge is 0.120 e. The van der Waals surface area contributed by atoms with E-state index in [4.69, 9.17) is 16.3 Å². The summed E-state index contributed by atoms with van der Waals surface area (Å²) in [6.07, 6.45) is -0.567. The first kappa shape index (κ1) is 16.3. The van der Waals surface area contributed by atoms with Crippen molar-refractivity contribution in [2.75, 3.05) is 13.2 Å². The molecule has 0 saturated heterocycles. The van der Waals surface area contributed by atoms with Crippen LogP contribution in [0.25, 0.3) is 0 Å². The number of aliphatic hydroxyl groups excluding tert-OH is 1. The first-order valence-electron chi connectivity index (χ1n) is 6.65. The summed E-state index contributed by atoms with van der Waals surface area (Å²) in [5.41, 5.74) is 1.09. The Morgan fingerprint density at radius 1 is 1.19 bits per heavy atom. The fourth-order valence-electron chi connectivity index (χ4n) is 1.84. The van der Waals surface area contributed by atoms with Crippen LogP contribution in [0.3, 0.4) is 0 Å². The molecule has 1 unspecified atom stereocenters. The van der Waals surface area contributed by atoms with Gasteiger partial charge in [-0.1, -0.05) is 45.7 Å². The van der Waals surface area contributed by atoms with Gasteiger partial charge in [0.1, 0.15) is 18.5 Å². The second kappa shape index (κ2) is 8.39. The normalized spacial score (nSPS) is 12.1. The summed E-state index contributed by atoms with van der Waals surface area (Å²) >= 11 is 9.29. The lowest BCUT2D eigenvalue weighted by molar-refractivity contribution is 0.106. The molecule has 0 radical (unpaired) electrons. The van der Waals surface area contributed by atoms with Crippen LogP contribution in [0.2, 0.25) is 5.02 Å². The first-order valence-corrected chi connectivity index (χ1v) is 7.82. The van der Waals surface area contributed by atoms with Crippen molar-refractivity contribution in [3.05, 3.63) is 63.6 Å². The van der Waals surface area contributed by atoms with Crippen molar-refractivity contribution >= 4 is 27.5 Å². The second-order valence-electron chi connectivity index (χ2n) is 4.68. The molecule has 0 amide bonds. The lowest BCUT2D eigenvalue weighted by Gasteiger charge is -2.13. The highest BCUT2D eigenvalue weighted by Gasteiger charge is 2.05. The number of nitrogens with one attached hydrogen (secondary N) is 1. The van der Waals surface area contributed by atoms with Gasteiger partial charge in [-0.15, -0.1) is 0 Å². The summed E-state index contributed by atoms with van der Waals surface area (Å²) < 4.78 is 6.48. The SMILES string of the molecule is OC(CNCc1cccc(Cl)c1)COc1cccc(Br)c1. The lowest BCUT2D eigenvalue weighted by atomic mass is 10.2. The zero-order valence-corrected chi connectivity index (χ0v) is 13.8. The molecule has 0 aliphatic rings. The molecule has 0 aromatic heterocycles. The molecule has 0 bridgehead atoms. The Morgan fingerprint density at radius 3 is 2.76 bits per heavy atom. The molecule has 5 heteroatoms. The number of hydrogen-bond acceptors (Lipinski definition) is 3. The van der Waals surface area contributed by atoms with Crippen LogP contribution < -0.4 is 10.1 Å². The van der Waals surface area contributed by atoms with E-state index in [2.05, 4.69) is 21.2 Å². The predicted molar refractivity (Wildman–Crippen MR) is 88.8 cm³/mol. The molecule has 1 atom stereocenters. The van der Waals surface area contributed by atoms with Gasteiger partial charge in [-0.25, -0.2) is 0 Å². The van der Waals surface area contributed by atoms with Crippen LogP contribution in [0, 0.1) is 0 Å². The van der Waals surface area contributed by atoms with Crippen molar-refractivity contribution in [3.63, 3.8) is 0 Å². The molecular formula is C16H17BrClNO2. The largest absolute Gasteiger partial charge is 0.491 e. The molecular weight excluding hydrogens is 354 g/mol. The summed E-state index contributed by atoms with van der Waals surface area (Å²) in [6.45, 7) is 1.37. The third-order valence-electron chi connectivity index (χ3n) is 2.84. The number of halogens is 2. The zero-order valence-electron chi connectivity index (χ0n) is 11.4. The minimum atomic E-state index is -0.567. The van der Waals surface area contributed by atoms with Gasteiger partial charge in [-0.3, -0.25) is 0 Å². The Morgan fingerprint density at radius 2 is 2.00 bits per heavy atom. The highest BCUT2D eigenvalue weighted by molar-refractivity contribution is 9.10. The lowest BCUT2D eigenvalue weighted by Crippen LogP contribution is -2.31. The van der Waals surface area contributed by atoms with Gasteiger partial charge in [0.2, 0.25) is 0 Å². The Balaban J connectivity index is 1.69. The van der Waals surface area contributed by atoms with Crippen molar-refractivity contribution in [2.24, 2.45) is 0 Å². The standard InChI is InChI=1S/C16H17BrClNO2/c17-13-4-2-6-16(8-13)21-11-15(20)10-19-9-12-3-1-5-14(18)7-12/h1-8,15,19-20H,9-11H2. The second-order valence-corrected chi connectivity index (χ2v) is 6.04. The Bertz CT molecular complexity index is 580. The highest BCUT2D eigenvalue weighted by Crippen LogP contribution is 2.17. The van der Waals surface area contributed by atoms with Crippen LogP contribution in [0.4, 0.5) is 0 Å². The first-order chi connectivity index (χ1) is 10.1. The Kier molecular flexibility index (Phi) is 6.51. The van der Waals surface area contributed by atoms with Crippen LogP contribution in [0.1, 0.15) is 5.56 Å². The fourth-order valence-corrected chi connectivity index (χ4v) is 2.43. The molecule has 2 N–H and O–H groups in total. The van der Waals surface area contributed by atoms with E-state index >= 15 is 0 Å². The monoisotopic (exact) mass is 369 g/mol.